The molecule has 0 amide bonds. The molecular formula is C8H14NNaO2. The number of rotatable bonds is 3. The number of nitrogens with one attached hydrogen (secondary N) is 1. The van der Waals surface area contributed by atoms with E-state index in [-0.39, 0.29) is 36.1 Å². The van der Waals surface area contributed by atoms with E-state index in [9.17, 15) is 4.79 Å². The van der Waals surface area contributed by atoms with Crippen molar-refractivity contribution in [1.82, 2.24) is 5.32 Å². The summed E-state index contributed by atoms with van der Waals surface area (Å²) in [7, 11) is 0. The molecule has 0 radical (unpaired) electrons. The van der Waals surface area contributed by atoms with Crippen LogP contribution in [0.1, 0.15) is 25.7 Å². The summed E-state index contributed by atoms with van der Waals surface area (Å²) in [6.45, 7) is 0.0475. The molecule has 12 heavy (non-hydrogen) atoms. The summed E-state index contributed by atoms with van der Waals surface area (Å²) in [5, 5.41) is 11.2. The van der Waals surface area contributed by atoms with Crippen LogP contribution in [0, 0.1) is 0 Å². The van der Waals surface area contributed by atoms with Gasteiger partial charge in [-0.15, -0.1) is 0 Å². The first kappa shape index (κ1) is 12.0. The predicted molar refractivity (Wildman–Crippen MR) is 49.3 cm³/mol. The van der Waals surface area contributed by atoms with Crippen LogP contribution in [0.2, 0.25) is 0 Å². The number of allylic oxidation sites excluding steroid dienone is 2. The average molecular weight is 179 g/mol. The quantitative estimate of drug-likeness (QED) is 0.619. The van der Waals surface area contributed by atoms with Gasteiger partial charge in [0.25, 0.3) is 0 Å². The monoisotopic (exact) mass is 179 g/mol. The Balaban J connectivity index is 0.00000121. The van der Waals surface area contributed by atoms with Gasteiger partial charge < -0.3 is 10.4 Å². The third-order valence-electron chi connectivity index (χ3n) is 1.76. The number of aliphatic carboxylic acids is 1. The molecule has 0 aromatic carbocycles. The molecule has 0 aromatic heterocycles. The van der Waals surface area contributed by atoms with Gasteiger partial charge in [0.05, 0.1) is 0 Å². The first-order chi connectivity index (χ1) is 5.29. The normalized spacial score (nSPS) is 15.8. The zero-order valence-corrected chi connectivity index (χ0v) is 6.47. The third kappa shape index (κ3) is 4.80. The van der Waals surface area contributed by atoms with E-state index >= 15 is 0 Å². The van der Waals surface area contributed by atoms with Gasteiger partial charge in [0.15, 0.2) is 0 Å². The van der Waals surface area contributed by atoms with Crippen LogP contribution in [0.15, 0.2) is 11.8 Å². The van der Waals surface area contributed by atoms with Crippen molar-refractivity contribution < 1.29 is 9.90 Å². The molecule has 1 rings (SSSR count). The molecule has 1 aliphatic carbocycles. The molecule has 0 atom stereocenters. The molecule has 0 fully saturated rings. The zero-order valence-electron chi connectivity index (χ0n) is 6.47. The van der Waals surface area contributed by atoms with Gasteiger partial charge in [-0.2, -0.15) is 0 Å². The maximum absolute atomic E-state index is 10.2. The second-order valence-corrected chi connectivity index (χ2v) is 2.72. The van der Waals surface area contributed by atoms with Crippen LogP contribution in [-0.2, 0) is 4.79 Å². The molecule has 64 valence electrons. The van der Waals surface area contributed by atoms with Gasteiger partial charge in [0, 0.05) is 5.70 Å². The summed E-state index contributed by atoms with van der Waals surface area (Å²) in [5.74, 6) is -0.795. The van der Waals surface area contributed by atoms with Crippen molar-refractivity contribution in [1.29, 1.82) is 0 Å². The van der Waals surface area contributed by atoms with E-state index in [1.807, 2.05) is 0 Å². The van der Waals surface area contributed by atoms with Crippen molar-refractivity contribution in [3.63, 3.8) is 0 Å². The average Bonchev–Trinajstić information content (AvgIpc) is 2.03. The van der Waals surface area contributed by atoms with Crippen molar-refractivity contribution in [2.24, 2.45) is 0 Å². The zero-order chi connectivity index (χ0) is 8.10. The first-order valence-electron chi connectivity index (χ1n) is 3.94. The molecule has 2 N–H and O–H groups in total. The molecular weight excluding hydrogens is 165 g/mol. The Morgan fingerprint density at radius 2 is 2.33 bits per heavy atom. The predicted octanol–water partition coefficient (Wildman–Crippen LogP) is 0.470. The Kier molecular flexibility index (Phi) is 6.52. The van der Waals surface area contributed by atoms with Gasteiger partial charge in [-0.3, -0.25) is 4.79 Å². The summed E-state index contributed by atoms with van der Waals surface area (Å²) in [5.41, 5.74) is 1.10. The van der Waals surface area contributed by atoms with E-state index < -0.39 is 5.97 Å². The number of hydrogen-bond donors (Lipinski definition) is 2. The SMILES string of the molecule is O=C(O)CNC1=CCCCC1.[NaH]. The van der Waals surface area contributed by atoms with Crippen molar-refractivity contribution in [2.45, 2.75) is 25.7 Å². The molecule has 0 spiro atoms. The van der Waals surface area contributed by atoms with Crippen molar-refractivity contribution in [3.05, 3.63) is 11.8 Å². The van der Waals surface area contributed by atoms with E-state index in [2.05, 4.69) is 11.4 Å². The second kappa shape index (κ2) is 6.52. The van der Waals surface area contributed by atoms with Gasteiger partial charge in [-0.25, -0.2) is 0 Å². The standard InChI is InChI=1S/C8H13NO2.Na.H/c10-8(11)6-9-7-4-2-1-3-5-7;;/h4,9H,1-3,5-6H2,(H,10,11);;. The first-order valence-corrected chi connectivity index (χ1v) is 3.94. The van der Waals surface area contributed by atoms with Gasteiger partial charge in [0.1, 0.15) is 6.54 Å². The Morgan fingerprint density at radius 3 is 2.83 bits per heavy atom. The van der Waals surface area contributed by atoms with Gasteiger partial charge >= 0.3 is 35.5 Å². The van der Waals surface area contributed by atoms with E-state index in [0.29, 0.717) is 0 Å². The fourth-order valence-electron chi connectivity index (χ4n) is 1.19. The third-order valence-corrected chi connectivity index (χ3v) is 1.76. The molecule has 0 aliphatic heterocycles. The Bertz CT molecular complexity index is 180. The summed E-state index contributed by atoms with van der Waals surface area (Å²) < 4.78 is 0. The summed E-state index contributed by atoms with van der Waals surface area (Å²) in [6.07, 6.45) is 6.60. The van der Waals surface area contributed by atoms with Crippen LogP contribution in [0.25, 0.3) is 0 Å². The second-order valence-electron chi connectivity index (χ2n) is 2.72. The Labute approximate surface area is 94.5 Å². The van der Waals surface area contributed by atoms with Crippen LogP contribution in [0.3, 0.4) is 0 Å². The Hall–Kier alpha value is 0.0100. The van der Waals surface area contributed by atoms with E-state index in [0.717, 1.165) is 18.5 Å². The fraction of sp³-hybridized carbons (Fsp3) is 0.625. The minimum atomic E-state index is -0.795. The van der Waals surface area contributed by atoms with E-state index in [1.165, 1.54) is 12.8 Å². The molecule has 0 bridgehead atoms. The van der Waals surface area contributed by atoms with Crippen molar-refractivity contribution in [3.8, 4) is 0 Å². The summed E-state index contributed by atoms with van der Waals surface area (Å²) in [6, 6.07) is 0. The number of carboxylic acids is 1. The van der Waals surface area contributed by atoms with Crippen molar-refractivity contribution in [2.75, 3.05) is 6.54 Å². The van der Waals surface area contributed by atoms with Crippen LogP contribution in [0.5, 0.6) is 0 Å². The molecule has 0 unspecified atom stereocenters. The number of carbonyl (C=O) groups is 1. The van der Waals surface area contributed by atoms with E-state index in [1.54, 1.807) is 0 Å². The molecule has 4 heteroatoms. The maximum atomic E-state index is 10.2. The molecule has 0 aromatic rings. The Morgan fingerprint density at radius 1 is 1.58 bits per heavy atom. The van der Waals surface area contributed by atoms with E-state index in [4.69, 9.17) is 5.11 Å². The van der Waals surface area contributed by atoms with Crippen LogP contribution in [0.4, 0.5) is 0 Å². The topological polar surface area (TPSA) is 49.3 Å². The van der Waals surface area contributed by atoms with Crippen LogP contribution in [-0.4, -0.2) is 47.2 Å². The van der Waals surface area contributed by atoms with Gasteiger partial charge in [0.2, 0.25) is 0 Å². The fourth-order valence-corrected chi connectivity index (χ4v) is 1.19. The minimum absolute atomic E-state index is 0. The molecule has 1 aliphatic rings. The number of hydrogen-bond acceptors (Lipinski definition) is 2. The van der Waals surface area contributed by atoms with Crippen molar-refractivity contribution >= 4 is 35.5 Å². The van der Waals surface area contributed by atoms with Gasteiger partial charge in [-0.05, 0) is 25.7 Å². The van der Waals surface area contributed by atoms with Crippen LogP contribution >= 0.6 is 0 Å². The summed E-state index contributed by atoms with van der Waals surface area (Å²) >= 11 is 0. The summed E-state index contributed by atoms with van der Waals surface area (Å²) in [4.78, 5) is 10.2. The van der Waals surface area contributed by atoms with Gasteiger partial charge in [-0.1, -0.05) is 6.08 Å². The molecule has 0 saturated heterocycles. The molecule has 0 heterocycles. The number of carboxylic acid groups (broad SMARTS) is 1. The van der Waals surface area contributed by atoms with Crippen LogP contribution < -0.4 is 5.32 Å². The molecule has 0 saturated carbocycles. The molecule has 3 nitrogen and oxygen atoms in total.